The van der Waals surface area contributed by atoms with Crippen LogP contribution in [-0.2, 0) is 28.6 Å². The predicted octanol–water partition coefficient (Wildman–Crippen LogP) is 9.91. The van der Waals surface area contributed by atoms with Crippen LogP contribution in [0.25, 0.3) is 0 Å². The lowest BCUT2D eigenvalue weighted by Gasteiger charge is -2.34. The molecule has 8 heteroatoms. The molecule has 8 nitrogen and oxygen atoms in total. The van der Waals surface area contributed by atoms with Gasteiger partial charge in [0, 0.05) is 19.3 Å². The predicted molar refractivity (Wildman–Crippen MR) is 217 cm³/mol. The molecule has 53 heavy (non-hydrogen) atoms. The maximum Gasteiger partial charge on any atom is 0.306 e. The molecule has 0 spiro atoms. The summed E-state index contributed by atoms with van der Waals surface area (Å²) in [4.78, 5) is 36.6. The standard InChI is InChI=1S/C45H79NO7/c1-6-8-10-12-14-15-16-17-18-19-20-21-22-23-24-25-26-27-28-30-31-33-35-43(47)52-40-41(39-51-38-37-42(45(49)50)46(3,4)5)53-44(48)36-34-32-29-13-11-9-7-2/h8,10,14-15,17-18,20-21,41-42H,6-7,9,11-13,16,19,22-40H2,1-5H3/b10-8+,15-14+,18-17+,21-20+. The summed E-state index contributed by atoms with van der Waals surface area (Å²) < 4.78 is 17.1. The van der Waals surface area contributed by atoms with Crippen molar-refractivity contribution in [1.29, 1.82) is 0 Å². The number of carboxylic acids is 1. The van der Waals surface area contributed by atoms with Crippen LogP contribution in [0.3, 0.4) is 0 Å². The lowest BCUT2D eigenvalue weighted by Crippen LogP contribution is -2.55. The van der Waals surface area contributed by atoms with E-state index in [-0.39, 0.29) is 42.7 Å². The van der Waals surface area contributed by atoms with E-state index in [1.54, 1.807) is 21.1 Å². The van der Waals surface area contributed by atoms with E-state index in [0.29, 0.717) is 12.8 Å². The van der Waals surface area contributed by atoms with Crippen LogP contribution < -0.4 is 5.11 Å². The van der Waals surface area contributed by atoms with Crippen molar-refractivity contribution in [3.05, 3.63) is 48.6 Å². The first kappa shape index (κ1) is 50.3. The van der Waals surface area contributed by atoms with Gasteiger partial charge in [0.15, 0.2) is 6.10 Å². The Hall–Kier alpha value is -2.71. The van der Waals surface area contributed by atoms with E-state index >= 15 is 0 Å². The zero-order chi connectivity index (χ0) is 39.3. The van der Waals surface area contributed by atoms with Gasteiger partial charge in [0.1, 0.15) is 12.6 Å². The van der Waals surface area contributed by atoms with Gasteiger partial charge in [0.25, 0.3) is 0 Å². The average Bonchev–Trinajstić information content (AvgIpc) is 3.11. The van der Waals surface area contributed by atoms with Crippen LogP contribution in [0, 0.1) is 0 Å². The van der Waals surface area contributed by atoms with Gasteiger partial charge in [-0.15, -0.1) is 0 Å². The quantitative estimate of drug-likeness (QED) is 0.0270. The molecule has 0 aromatic carbocycles. The number of allylic oxidation sites excluding steroid dienone is 8. The Morgan fingerprint density at radius 2 is 1.06 bits per heavy atom. The van der Waals surface area contributed by atoms with Gasteiger partial charge in [-0.05, 0) is 51.4 Å². The van der Waals surface area contributed by atoms with Gasteiger partial charge < -0.3 is 28.6 Å². The van der Waals surface area contributed by atoms with Crippen molar-refractivity contribution in [3.63, 3.8) is 0 Å². The Kier molecular flexibility index (Phi) is 34.4. The molecule has 0 fully saturated rings. The molecule has 2 atom stereocenters. The van der Waals surface area contributed by atoms with E-state index in [4.69, 9.17) is 14.2 Å². The highest BCUT2D eigenvalue weighted by molar-refractivity contribution is 5.70. The largest absolute Gasteiger partial charge is 0.544 e. The molecular weight excluding hydrogens is 666 g/mol. The topological polar surface area (TPSA) is 102 Å². The molecule has 0 heterocycles. The second-order valence-electron chi connectivity index (χ2n) is 15.2. The first-order valence-corrected chi connectivity index (χ1v) is 21.2. The van der Waals surface area contributed by atoms with Crippen LogP contribution >= 0.6 is 0 Å². The highest BCUT2D eigenvalue weighted by atomic mass is 16.6. The number of aliphatic carboxylic acids is 1. The Morgan fingerprint density at radius 3 is 1.57 bits per heavy atom. The zero-order valence-corrected chi connectivity index (χ0v) is 34.7. The number of carbonyl (C=O) groups is 3. The fourth-order valence-corrected chi connectivity index (χ4v) is 5.94. The molecule has 0 bridgehead atoms. The lowest BCUT2D eigenvalue weighted by atomic mass is 10.1. The van der Waals surface area contributed by atoms with Gasteiger partial charge in [-0.1, -0.05) is 146 Å². The second kappa shape index (κ2) is 36.3. The van der Waals surface area contributed by atoms with E-state index in [9.17, 15) is 19.5 Å². The van der Waals surface area contributed by atoms with Crippen molar-refractivity contribution in [2.45, 2.75) is 180 Å². The Balaban J connectivity index is 4.17. The maximum absolute atomic E-state index is 12.6. The van der Waals surface area contributed by atoms with Gasteiger partial charge >= 0.3 is 11.9 Å². The molecule has 0 saturated heterocycles. The Bertz CT molecular complexity index is 1010. The Morgan fingerprint density at radius 1 is 0.585 bits per heavy atom. The molecule has 0 aliphatic heterocycles. The molecule has 0 radical (unpaired) electrons. The molecule has 0 amide bonds. The average molecular weight is 746 g/mol. The molecule has 0 rings (SSSR count). The minimum Gasteiger partial charge on any atom is -0.544 e. The van der Waals surface area contributed by atoms with E-state index in [2.05, 4.69) is 62.5 Å². The number of ether oxygens (including phenoxy) is 3. The summed E-state index contributed by atoms with van der Waals surface area (Å²) in [6.45, 7) is 4.49. The molecule has 0 aromatic heterocycles. The summed E-state index contributed by atoms with van der Waals surface area (Å²) in [5, 5.41) is 11.6. The zero-order valence-electron chi connectivity index (χ0n) is 34.7. The first-order chi connectivity index (χ1) is 25.6. The number of carboxylic acid groups (broad SMARTS) is 1. The smallest absolute Gasteiger partial charge is 0.306 e. The van der Waals surface area contributed by atoms with Crippen LogP contribution in [0.5, 0.6) is 0 Å². The molecule has 306 valence electrons. The van der Waals surface area contributed by atoms with Crippen molar-refractivity contribution in [3.8, 4) is 0 Å². The first-order valence-electron chi connectivity index (χ1n) is 21.2. The SMILES string of the molecule is CC/C=C/C/C=C/C/C=C/C/C=C/CCCCCCCCCCCC(=O)OCC(COCCC(C(=O)[O-])[N+](C)(C)C)OC(=O)CCCCCCCCC. The number of esters is 2. The van der Waals surface area contributed by atoms with Gasteiger partial charge in [0.2, 0.25) is 0 Å². The van der Waals surface area contributed by atoms with E-state index < -0.39 is 18.1 Å². The van der Waals surface area contributed by atoms with Crippen LogP contribution in [0.2, 0.25) is 0 Å². The van der Waals surface area contributed by atoms with E-state index in [1.165, 1.54) is 64.2 Å². The molecule has 0 aromatic rings. The molecule has 0 aliphatic rings. The fraction of sp³-hybridized carbons (Fsp3) is 0.756. The van der Waals surface area contributed by atoms with Gasteiger partial charge in [0.05, 0.1) is 40.3 Å². The Labute approximate surface area is 325 Å². The summed E-state index contributed by atoms with van der Waals surface area (Å²) >= 11 is 0. The third-order valence-corrected chi connectivity index (χ3v) is 9.23. The van der Waals surface area contributed by atoms with Gasteiger partial charge in [-0.25, -0.2) is 0 Å². The number of carbonyl (C=O) groups excluding carboxylic acids is 3. The minimum atomic E-state index is -1.13. The summed E-state index contributed by atoms with van der Waals surface area (Å²) in [6, 6.07) is -0.724. The fourth-order valence-electron chi connectivity index (χ4n) is 5.94. The number of hydrogen-bond donors (Lipinski definition) is 0. The summed E-state index contributed by atoms with van der Waals surface area (Å²) in [5.41, 5.74) is 0. The van der Waals surface area contributed by atoms with Crippen molar-refractivity contribution < 1.29 is 38.2 Å². The lowest BCUT2D eigenvalue weighted by molar-refractivity contribution is -0.889. The summed E-state index contributed by atoms with van der Waals surface area (Å²) in [7, 11) is 5.39. The van der Waals surface area contributed by atoms with Crippen molar-refractivity contribution in [2.24, 2.45) is 0 Å². The number of unbranched alkanes of at least 4 members (excludes halogenated alkanes) is 15. The molecule has 2 unspecified atom stereocenters. The molecule has 0 saturated carbocycles. The molecule has 0 N–H and O–H groups in total. The number of rotatable bonds is 37. The third-order valence-electron chi connectivity index (χ3n) is 9.23. The van der Waals surface area contributed by atoms with Crippen LogP contribution in [0.4, 0.5) is 0 Å². The number of likely N-dealkylation sites (N-methyl/N-ethyl adjacent to an activating group) is 1. The highest BCUT2D eigenvalue weighted by Crippen LogP contribution is 2.14. The summed E-state index contributed by atoms with van der Waals surface area (Å²) in [5.74, 6) is -1.75. The molecular formula is C45H79NO7. The van der Waals surface area contributed by atoms with Crippen molar-refractivity contribution >= 4 is 17.9 Å². The van der Waals surface area contributed by atoms with Crippen LogP contribution in [0.15, 0.2) is 48.6 Å². The van der Waals surface area contributed by atoms with Crippen molar-refractivity contribution in [2.75, 3.05) is 41.0 Å². The summed E-state index contributed by atoms with van der Waals surface area (Å²) in [6.07, 6.45) is 41.5. The molecule has 0 aliphatic carbocycles. The van der Waals surface area contributed by atoms with E-state index in [1.807, 2.05) is 0 Å². The van der Waals surface area contributed by atoms with Crippen molar-refractivity contribution in [1.82, 2.24) is 0 Å². The minimum absolute atomic E-state index is 0.0391. The number of nitrogens with zero attached hydrogens (tertiary/aromatic N) is 1. The van der Waals surface area contributed by atoms with Gasteiger partial charge in [-0.3, -0.25) is 9.59 Å². The van der Waals surface area contributed by atoms with Crippen LogP contribution in [0.1, 0.15) is 168 Å². The second-order valence-corrected chi connectivity index (χ2v) is 15.2. The monoisotopic (exact) mass is 746 g/mol. The third kappa shape index (κ3) is 34.8. The maximum atomic E-state index is 12.6. The number of hydrogen-bond acceptors (Lipinski definition) is 7. The van der Waals surface area contributed by atoms with E-state index in [0.717, 1.165) is 70.6 Å². The van der Waals surface area contributed by atoms with Gasteiger partial charge in [-0.2, -0.15) is 0 Å². The van der Waals surface area contributed by atoms with Crippen LogP contribution in [-0.4, -0.2) is 75.5 Å². The highest BCUT2D eigenvalue weighted by Gasteiger charge is 2.25. The number of quaternary nitrogens is 1. The normalized spacial score (nSPS) is 13.5.